The zero-order chi connectivity index (χ0) is 13.7. The number of nitrogens with one attached hydrogen (secondary N) is 1. The van der Waals surface area contributed by atoms with E-state index in [0.29, 0.717) is 5.92 Å². The van der Waals surface area contributed by atoms with Gasteiger partial charge in [0.15, 0.2) is 0 Å². The van der Waals surface area contributed by atoms with Crippen molar-refractivity contribution in [1.82, 2.24) is 9.97 Å². The highest BCUT2D eigenvalue weighted by Crippen LogP contribution is 2.48. The number of fused-ring (bicyclic) bond motifs is 1. The van der Waals surface area contributed by atoms with Crippen molar-refractivity contribution in [3.8, 4) is 0 Å². The van der Waals surface area contributed by atoms with Crippen LogP contribution in [0.1, 0.15) is 55.8 Å². The van der Waals surface area contributed by atoms with E-state index in [1.54, 1.807) is 0 Å². The SMILES string of the molecule is O=C(O)C1(c2ccc3nc(C4CCCC4)[nH]c3c2)CC1. The van der Waals surface area contributed by atoms with Crippen LogP contribution in [0, 0.1) is 0 Å². The molecule has 2 aliphatic rings. The topological polar surface area (TPSA) is 66.0 Å². The van der Waals surface area contributed by atoms with Gasteiger partial charge in [-0.15, -0.1) is 0 Å². The Morgan fingerprint density at radius 3 is 2.70 bits per heavy atom. The van der Waals surface area contributed by atoms with E-state index in [2.05, 4.69) is 9.97 Å². The lowest BCUT2D eigenvalue weighted by atomic mass is 9.96. The molecule has 1 aromatic heterocycles. The lowest BCUT2D eigenvalue weighted by molar-refractivity contribution is -0.140. The summed E-state index contributed by atoms with van der Waals surface area (Å²) in [4.78, 5) is 19.5. The molecule has 2 fully saturated rings. The first kappa shape index (κ1) is 11.9. The zero-order valence-electron chi connectivity index (χ0n) is 11.4. The standard InChI is InChI=1S/C16H18N2O2/c19-15(20)16(7-8-16)11-5-6-12-13(9-11)18-14(17-12)10-3-1-2-4-10/h5-6,9-10H,1-4,7-8H2,(H,17,18)(H,19,20). The minimum atomic E-state index is -0.701. The summed E-state index contributed by atoms with van der Waals surface area (Å²) in [6, 6.07) is 5.88. The molecule has 0 amide bonds. The van der Waals surface area contributed by atoms with Crippen molar-refractivity contribution < 1.29 is 9.90 Å². The van der Waals surface area contributed by atoms with Crippen molar-refractivity contribution in [2.75, 3.05) is 0 Å². The van der Waals surface area contributed by atoms with Gasteiger partial charge in [0.05, 0.1) is 16.4 Å². The van der Waals surface area contributed by atoms with E-state index in [4.69, 9.17) is 0 Å². The molecule has 4 nitrogen and oxygen atoms in total. The van der Waals surface area contributed by atoms with E-state index < -0.39 is 11.4 Å². The number of aromatic nitrogens is 2. The van der Waals surface area contributed by atoms with Gasteiger partial charge in [-0.1, -0.05) is 18.9 Å². The summed E-state index contributed by atoms with van der Waals surface area (Å²) in [5.74, 6) is 0.933. The largest absolute Gasteiger partial charge is 0.481 e. The quantitative estimate of drug-likeness (QED) is 0.899. The average molecular weight is 270 g/mol. The van der Waals surface area contributed by atoms with E-state index in [-0.39, 0.29) is 0 Å². The number of H-pyrrole nitrogens is 1. The van der Waals surface area contributed by atoms with Gasteiger partial charge in [0.2, 0.25) is 0 Å². The van der Waals surface area contributed by atoms with Crippen LogP contribution in [0.4, 0.5) is 0 Å². The van der Waals surface area contributed by atoms with Crippen molar-refractivity contribution in [2.45, 2.75) is 49.9 Å². The highest BCUT2D eigenvalue weighted by Gasteiger charge is 2.51. The van der Waals surface area contributed by atoms with Crippen LogP contribution in [-0.4, -0.2) is 21.0 Å². The molecule has 20 heavy (non-hydrogen) atoms. The number of nitrogens with zero attached hydrogens (tertiary/aromatic N) is 1. The van der Waals surface area contributed by atoms with Crippen LogP contribution in [0.2, 0.25) is 0 Å². The summed E-state index contributed by atoms with van der Waals surface area (Å²) in [6.07, 6.45) is 6.50. The smallest absolute Gasteiger partial charge is 0.314 e. The van der Waals surface area contributed by atoms with Gasteiger partial charge in [0.25, 0.3) is 0 Å². The summed E-state index contributed by atoms with van der Waals surface area (Å²) >= 11 is 0. The van der Waals surface area contributed by atoms with Crippen molar-refractivity contribution >= 4 is 17.0 Å². The number of carbonyl (C=O) groups is 1. The predicted molar refractivity (Wildman–Crippen MR) is 75.9 cm³/mol. The monoisotopic (exact) mass is 270 g/mol. The van der Waals surface area contributed by atoms with Gasteiger partial charge in [-0.05, 0) is 43.4 Å². The molecule has 2 aromatic rings. The lowest BCUT2D eigenvalue weighted by Crippen LogP contribution is -2.19. The third-order valence-electron chi connectivity index (χ3n) is 4.95. The van der Waals surface area contributed by atoms with Crippen LogP contribution in [-0.2, 0) is 10.2 Å². The Labute approximate surface area is 117 Å². The van der Waals surface area contributed by atoms with Crippen LogP contribution < -0.4 is 0 Å². The number of benzene rings is 1. The molecular weight excluding hydrogens is 252 g/mol. The number of carboxylic acids is 1. The Morgan fingerprint density at radius 2 is 2.05 bits per heavy atom. The number of aromatic amines is 1. The molecule has 2 N–H and O–H groups in total. The minimum Gasteiger partial charge on any atom is -0.481 e. The first-order valence-corrected chi connectivity index (χ1v) is 7.43. The van der Waals surface area contributed by atoms with Crippen LogP contribution in [0.3, 0.4) is 0 Å². The van der Waals surface area contributed by atoms with Crippen molar-refractivity contribution in [2.24, 2.45) is 0 Å². The Kier molecular flexibility index (Phi) is 2.43. The second-order valence-electron chi connectivity index (χ2n) is 6.22. The second-order valence-corrected chi connectivity index (χ2v) is 6.22. The van der Waals surface area contributed by atoms with Gasteiger partial charge in [0.1, 0.15) is 5.82 Å². The third kappa shape index (κ3) is 1.67. The number of hydrogen-bond acceptors (Lipinski definition) is 2. The molecule has 0 atom stereocenters. The molecule has 0 radical (unpaired) electrons. The Balaban J connectivity index is 1.74. The fourth-order valence-corrected chi connectivity index (χ4v) is 3.47. The number of rotatable bonds is 3. The Morgan fingerprint density at radius 1 is 1.30 bits per heavy atom. The molecule has 0 aliphatic heterocycles. The van der Waals surface area contributed by atoms with Crippen LogP contribution >= 0.6 is 0 Å². The number of hydrogen-bond donors (Lipinski definition) is 2. The van der Waals surface area contributed by atoms with E-state index in [9.17, 15) is 9.90 Å². The highest BCUT2D eigenvalue weighted by atomic mass is 16.4. The molecule has 2 aliphatic carbocycles. The van der Waals surface area contributed by atoms with E-state index in [1.165, 1.54) is 25.7 Å². The van der Waals surface area contributed by atoms with Gasteiger partial charge in [0, 0.05) is 5.92 Å². The molecule has 4 rings (SSSR count). The maximum absolute atomic E-state index is 11.4. The van der Waals surface area contributed by atoms with E-state index >= 15 is 0 Å². The lowest BCUT2D eigenvalue weighted by Gasteiger charge is -2.09. The molecular formula is C16H18N2O2. The Hall–Kier alpha value is -1.84. The average Bonchev–Trinajstić information content (AvgIpc) is 2.90. The normalized spacial score (nSPS) is 21.4. The molecule has 1 heterocycles. The molecule has 1 aromatic carbocycles. The van der Waals surface area contributed by atoms with Gasteiger partial charge < -0.3 is 10.1 Å². The summed E-state index contributed by atoms with van der Waals surface area (Å²) in [5, 5.41) is 9.38. The number of imidazole rings is 1. The number of aliphatic carboxylic acids is 1. The van der Waals surface area contributed by atoms with Crippen molar-refractivity contribution in [1.29, 1.82) is 0 Å². The maximum atomic E-state index is 11.4. The van der Waals surface area contributed by atoms with E-state index in [0.717, 1.165) is 35.3 Å². The van der Waals surface area contributed by atoms with Crippen molar-refractivity contribution in [3.63, 3.8) is 0 Å². The first-order valence-electron chi connectivity index (χ1n) is 7.43. The number of carboxylic acid groups (broad SMARTS) is 1. The first-order chi connectivity index (χ1) is 9.69. The summed E-state index contributed by atoms with van der Waals surface area (Å²) in [7, 11) is 0. The van der Waals surface area contributed by atoms with Crippen LogP contribution in [0.5, 0.6) is 0 Å². The molecule has 2 saturated carbocycles. The summed E-state index contributed by atoms with van der Waals surface area (Å²) < 4.78 is 0. The zero-order valence-corrected chi connectivity index (χ0v) is 11.4. The van der Waals surface area contributed by atoms with Crippen LogP contribution in [0.15, 0.2) is 18.2 Å². The van der Waals surface area contributed by atoms with Gasteiger partial charge in [-0.2, -0.15) is 0 Å². The third-order valence-corrected chi connectivity index (χ3v) is 4.95. The molecule has 0 spiro atoms. The Bertz CT molecular complexity index is 679. The van der Waals surface area contributed by atoms with E-state index in [1.807, 2.05) is 18.2 Å². The van der Waals surface area contributed by atoms with Gasteiger partial charge >= 0.3 is 5.97 Å². The fraction of sp³-hybridized carbons (Fsp3) is 0.500. The molecule has 0 saturated heterocycles. The molecule has 104 valence electrons. The van der Waals surface area contributed by atoms with Gasteiger partial charge in [-0.25, -0.2) is 4.98 Å². The molecule has 4 heteroatoms. The molecule has 0 unspecified atom stereocenters. The predicted octanol–water partition coefficient (Wildman–Crippen LogP) is 3.34. The van der Waals surface area contributed by atoms with Gasteiger partial charge in [-0.3, -0.25) is 4.79 Å². The summed E-state index contributed by atoms with van der Waals surface area (Å²) in [6.45, 7) is 0. The van der Waals surface area contributed by atoms with Crippen molar-refractivity contribution in [3.05, 3.63) is 29.6 Å². The molecule has 0 bridgehead atoms. The highest BCUT2D eigenvalue weighted by molar-refractivity contribution is 5.87. The summed E-state index contributed by atoms with van der Waals surface area (Å²) in [5.41, 5.74) is 2.22. The maximum Gasteiger partial charge on any atom is 0.314 e. The second kappa shape index (κ2) is 4.08. The minimum absolute atomic E-state index is 0.556. The fourth-order valence-electron chi connectivity index (χ4n) is 3.47. The van der Waals surface area contributed by atoms with Crippen LogP contribution in [0.25, 0.3) is 11.0 Å².